The maximum Gasteiger partial charge on any atom is 0.270 e. The topological polar surface area (TPSA) is 71.3 Å². The van der Waals surface area contributed by atoms with Crippen molar-refractivity contribution >= 4 is 17.5 Å². The molecule has 0 spiro atoms. The molecular formula is C10H14ClN3O2. The van der Waals surface area contributed by atoms with Crippen molar-refractivity contribution in [2.75, 3.05) is 26.2 Å². The Morgan fingerprint density at radius 2 is 2.56 bits per heavy atom. The monoisotopic (exact) mass is 243 g/mol. The van der Waals surface area contributed by atoms with E-state index in [1.54, 1.807) is 17.2 Å². The third-order valence-corrected chi connectivity index (χ3v) is 2.79. The molecule has 2 heterocycles. The quantitative estimate of drug-likeness (QED) is 0.793. The lowest BCUT2D eigenvalue weighted by molar-refractivity contribution is -0.0169. The van der Waals surface area contributed by atoms with Crippen LogP contribution in [-0.4, -0.2) is 48.1 Å². The zero-order valence-electron chi connectivity index (χ0n) is 8.78. The summed E-state index contributed by atoms with van der Waals surface area (Å²) in [6, 6.07) is 1.62. The van der Waals surface area contributed by atoms with Gasteiger partial charge in [-0.05, 0) is 6.07 Å². The van der Waals surface area contributed by atoms with E-state index < -0.39 is 0 Å². The molecule has 1 aromatic rings. The average Bonchev–Trinajstić information content (AvgIpc) is 2.75. The van der Waals surface area contributed by atoms with Crippen LogP contribution in [0.15, 0.2) is 12.3 Å². The number of nitrogens with two attached hydrogens (primary N) is 1. The summed E-state index contributed by atoms with van der Waals surface area (Å²) in [6.07, 6.45) is 1.53. The molecule has 1 aliphatic heterocycles. The number of H-pyrrole nitrogens is 1. The van der Waals surface area contributed by atoms with Gasteiger partial charge in [-0.1, -0.05) is 11.6 Å². The molecule has 3 N–H and O–H groups in total. The fourth-order valence-electron chi connectivity index (χ4n) is 1.71. The molecule has 0 aliphatic carbocycles. The minimum absolute atomic E-state index is 0.0614. The molecule has 1 saturated heterocycles. The molecule has 88 valence electrons. The minimum atomic E-state index is -0.0665. The van der Waals surface area contributed by atoms with Gasteiger partial charge in [0, 0.05) is 25.8 Å². The summed E-state index contributed by atoms with van der Waals surface area (Å²) in [4.78, 5) is 16.6. The lowest BCUT2D eigenvalue weighted by Gasteiger charge is -2.32. The number of nitrogens with zero attached hydrogens (tertiary/aromatic N) is 1. The van der Waals surface area contributed by atoms with Crippen LogP contribution in [0.4, 0.5) is 0 Å². The second-order valence-corrected chi connectivity index (χ2v) is 4.15. The number of hydrogen-bond acceptors (Lipinski definition) is 3. The van der Waals surface area contributed by atoms with Crippen molar-refractivity contribution < 1.29 is 9.53 Å². The third kappa shape index (κ3) is 2.37. The lowest BCUT2D eigenvalue weighted by Crippen LogP contribution is -2.48. The van der Waals surface area contributed by atoms with Gasteiger partial charge in [-0.25, -0.2) is 0 Å². The number of carbonyl (C=O) groups excluding carboxylic acids is 1. The number of rotatable bonds is 2. The number of amides is 1. The summed E-state index contributed by atoms with van der Waals surface area (Å²) in [6.45, 7) is 2.08. The highest BCUT2D eigenvalue weighted by molar-refractivity contribution is 6.30. The Labute approximate surface area is 98.5 Å². The lowest BCUT2D eigenvalue weighted by atomic mass is 10.2. The van der Waals surface area contributed by atoms with Gasteiger partial charge in [-0.2, -0.15) is 0 Å². The van der Waals surface area contributed by atoms with Gasteiger partial charge in [0.25, 0.3) is 5.91 Å². The van der Waals surface area contributed by atoms with E-state index in [4.69, 9.17) is 22.1 Å². The summed E-state index contributed by atoms with van der Waals surface area (Å²) >= 11 is 5.75. The Morgan fingerprint density at radius 1 is 1.75 bits per heavy atom. The van der Waals surface area contributed by atoms with Crippen molar-refractivity contribution in [1.82, 2.24) is 9.88 Å². The van der Waals surface area contributed by atoms with E-state index in [1.807, 2.05) is 0 Å². The van der Waals surface area contributed by atoms with Gasteiger partial charge in [0.15, 0.2) is 0 Å². The summed E-state index contributed by atoms with van der Waals surface area (Å²) in [5, 5.41) is 0.534. The van der Waals surface area contributed by atoms with Gasteiger partial charge in [0.05, 0.1) is 17.7 Å². The van der Waals surface area contributed by atoms with Crippen LogP contribution in [0.2, 0.25) is 5.02 Å². The van der Waals surface area contributed by atoms with Crippen molar-refractivity contribution in [2.45, 2.75) is 6.10 Å². The second kappa shape index (κ2) is 4.86. The number of nitrogens with one attached hydrogen (secondary N) is 1. The van der Waals surface area contributed by atoms with Crippen LogP contribution in [0, 0.1) is 0 Å². The van der Waals surface area contributed by atoms with E-state index in [2.05, 4.69) is 4.98 Å². The first kappa shape index (κ1) is 11.4. The second-order valence-electron chi connectivity index (χ2n) is 3.71. The van der Waals surface area contributed by atoms with Crippen LogP contribution < -0.4 is 5.73 Å². The number of halogens is 1. The molecule has 2 rings (SSSR count). The van der Waals surface area contributed by atoms with E-state index in [0.29, 0.717) is 37.0 Å². The first-order valence-electron chi connectivity index (χ1n) is 5.15. The van der Waals surface area contributed by atoms with Crippen LogP contribution in [0.1, 0.15) is 10.5 Å². The molecule has 1 aliphatic rings. The highest BCUT2D eigenvalue weighted by Crippen LogP contribution is 2.13. The van der Waals surface area contributed by atoms with Crippen molar-refractivity contribution in [1.29, 1.82) is 0 Å². The Morgan fingerprint density at radius 3 is 3.19 bits per heavy atom. The highest BCUT2D eigenvalue weighted by atomic mass is 35.5. The fraction of sp³-hybridized carbons (Fsp3) is 0.500. The number of ether oxygens (including phenoxy) is 1. The normalized spacial score (nSPS) is 21.1. The van der Waals surface area contributed by atoms with Gasteiger partial charge in [0.1, 0.15) is 5.69 Å². The van der Waals surface area contributed by atoms with E-state index in [9.17, 15) is 4.79 Å². The first-order chi connectivity index (χ1) is 7.70. The fourth-order valence-corrected chi connectivity index (χ4v) is 1.87. The van der Waals surface area contributed by atoms with Crippen LogP contribution in [0.3, 0.4) is 0 Å². The Balaban J connectivity index is 2.04. The molecule has 0 saturated carbocycles. The molecule has 1 fully saturated rings. The summed E-state index contributed by atoms with van der Waals surface area (Å²) < 4.78 is 5.39. The molecule has 0 bridgehead atoms. The highest BCUT2D eigenvalue weighted by Gasteiger charge is 2.24. The number of carbonyl (C=O) groups is 1. The summed E-state index contributed by atoms with van der Waals surface area (Å²) in [5.41, 5.74) is 6.02. The van der Waals surface area contributed by atoms with Crippen molar-refractivity contribution in [3.8, 4) is 0 Å². The van der Waals surface area contributed by atoms with Crippen molar-refractivity contribution in [3.05, 3.63) is 23.0 Å². The van der Waals surface area contributed by atoms with Gasteiger partial charge in [-0.3, -0.25) is 4.79 Å². The Bertz CT molecular complexity index is 380. The number of morpholine rings is 1. The SMILES string of the molecule is NCC1CN(C(=O)c2cc(Cl)c[nH]2)CCO1. The summed E-state index contributed by atoms with van der Waals surface area (Å²) in [7, 11) is 0. The number of hydrogen-bond donors (Lipinski definition) is 2. The summed E-state index contributed by atoms with van der Waals surface area (Å²) in [5.74, 6) is -0.0614. The number of aromatic nitrogens is 1. The Kier molecular flexibility index (Phi) is 3.48. The molecule has 1 atom stereocenters. The van der Waals surface area contributed by atoms with Gasteiger partial charge in [0.2, 0.25) is 0 Å². The molecule has 0 radical (unpaired) electrons. The predicted molar refractivity (Wildman–Crippen MR) is 60.5 cm³/mol. The first-order valence-corrected chi connectivity index (χ1v) is 5.53. The van der Waals surface area contributed by atoms with Gasteiger partial charge < -0.3 is 20.4 Å². The third-order valence-electron chi connectivity index (χ3n) is 2.57. The van der Waals surface area contributed by atoms with Crippen molar-refractivity contribution in [2.24, 2.45) is 5.73 Å². The van der Waals surface area contributed by atoms with Gasteiger partial charge in [-0.15, -0.1) is 0 Å². The zero-order valence-corrected chi connectivity index (χ0v) is 9.54. The molecule has 0 aromatic carbocycles. The van der Waals surface area contributed by atoms with E-state index in [-0.39, 0.29) is 12.0 Å². The number of aromatic amines is 1. The van der Waals surface area contributed by atoms with Crippen LogP contribution in [0.5, 0.6) is 0 Å². The zero-order chi connectivity index (χ0) is 11.5. The maximum atomic E-state index is 12.0. The molecule has 16 heavy (non-hydrogen) atoms. The molecule has 1 aromatic heterocycles. The standard InChI is InChI=1S/C10H14ClN3O2/c11-7-3-9(13-5-7)10(15)14-1-2-16-8(4-12)6-14/h3,5,8,13H,1-2,4,6,12H2. The molecule has 5 nitrogen and oxygen atoms in total. The van der Waals surface area contributed by atoms with E-state index >= 15 is 0 Å². The molecule has 1 unspecified atom stereocenters. The van der Waals surface area contributed by atoms with Crippen LogP contribution in [0.25, 0.3) is 0 Å². The van der Waals surface area contributed by atoms with Gasteiger partial charge >= 0.3 is 0 Å². The van der Waals surface area contributed by atoms with E-state index in [0.717, 1.165) is 0 Å². The van der Waals surface area contributed by atoms with E-state index in [1.165, 1.54) is 0 Å². The van der Waals surface area contributed by atoms with Crippen LogP contribution in [-0.2, 0) is 4.74 Å². The molecule has 1 amide bonds. The predicted octanol–water partition coefficient (Wildman–Crippen LogP) is 0.468. The van der Waals surface area contributed by atoms with Crippen LogP contribution >= 0.6 is 11.6 Å². The van der Waals surface area contributed by atoms with Crippen molar-refractivity contribution in [3.63, 3.8) is 0 Å². The Hall–Kier alpha value is -1.04. The molecular weight excluding hydrogens is 230 g/mol. The average molecular weight is 244 g/mol. The molecule has 6 heteroatoms. The largest absolute Gasteiger partial charge is 0.373 e. The smallest absolute Gasteiger partial charge is 0.270 e. The minimum Gasteiger partial charge on any atom is -0.373 e. The maximum absolute atomic E-state index is 12.0.